The number of nitrogens with zero attached hydrogens (tertiary/aromatic N) is 2. The molecule has 298 valence electrons. The Hall–Kier alpha value is -5.46. The smallest absolute Gasteiger partial charge is 0.407 e. The van der Waals surface area contributed by atoms with E-state index in [1.165, 1.54) is 16.6 Å². The number of carbonyl (C=O) groups is 3. The summed E-state index contributed by atoms with van der Waals surface area (Å²) in [6, 6.07) is 24.9. The highest BCUT2D eigenvalue weighted by Gasteiger charge is 2.41. The zero-order valence-corrected chi connectivity index (χ0v) is 32.9. The first kappa shape index (κ1) is 39.8. The maximum Gasteiger partial charge on any atom is 0.407 e. The number of nitrogens with one attached hydrogen (secondary N) is 1. The van der Waals surface area contributed by atoms with Gasteiger partial charge in [-0.2, -0.15) is 4.98 Å². The molecule has 3 heterocycles. The van der Waals surface area contributed by atoms with E-state index in [9.17, 15) is 19.2 Å². The Morgan fingerprint density at radius 1 is 0.947 bits per heavy atom. The number of aromatic nitrogens is 2. The van der Waals surface area contributed by atoms with E-state index in [0.717, 1.165) is 47.1 Å². The first-order valence-corrected chi connectivity index (χ1v) is 20.0. The number of carbonyl (C=O) groups excluding carboxylic acids is 3. The minimum atomic E-state index is -1.05. The Bertz CT molecular complexity index is 2240. The summed E-state index contributed by atoms with van der Waals surface area (Å²) in [7, 11) is 0. The van der Waals surface area contributed by atoms with E-state index in [0.29, 0.717) is 11.1 Å². The van der Waals surface area contributed by atoms with Crippen LogP contribution in [0.3, 0.4) is 0 Å². The van der Waals surface area contributed by atoms with Crippen LogP contribution in [0.25, 0.3) is 33.6 Å². The van der Waals surface area contributed by atoms with Gasteiger partial charge in [0.2, 0.25) is 5.71 Å². The topological polar surface area (TPSA) is 148 Å². The van der Waals surface area contributed by atoms with Gasteiger partial charge in [-0.25, -0.2) is 14.4 Å². The van der Waals surface area contributed by atoms with Crippen molar-refractivity contribution < 1.29 is 37.7 Å². The molecule has 7 rings (SSSR count). The number of benzene rings is 3. The zero-order chi connectivity index (χ0) is 40.1. The van der Waals surface area contributed by atoms with Gasteiger partial charge in [-0.05, 0) is 52.6 Å². The summed E-state index contributed by atoms with van der Waals surface area (Å²) in [5.74, 6) is -1.78. The number of aryl methyl sites for hydroxylation is 1. The summed E-state index contributed by atoms with van der Waals surface area (Å²) in [6.45, 7) is 5.46. The van der Waals surface area contributed by atoms with Crippen LogP contribution < -0.4 is 11.0 Å². The number of unbranched alkanes of at least 4 members (excludes halogenated alkanes) is 2. The Labute approximate surface area is 335 Å². The molecule has 3 aromatic carbocycles. The summed E-state index contributed by atoms with van der Waals surface area (Å²) < 4.78 is 30.3. The minimum Gasteiger partial charge on any atom is -0.461 e. The monoisotopic (exact) mass is 795 g/mol. The molecule has 5 aromatic rings. The van der Waals surface area contributed by atoms with Crippen LogP contribution in [-0.4, -0.2) is 64.9 Å². The van der Waals surface area contributed by atoms with E-state index >= 15 is 0 Å². The van der Waals surface area contributed by atoms with Gasteiger partial charge in [0.25, 0.3) is 0 Å². The Morgan fingerprint density at radius 3 is 2.32 bits per heavy atom. The molecule has 4 unspecified atom stereocenters. The third-order valence-electron chi connectivity index (χ3n) is 10.6. The molecule has 1 saturated heterocycles. The van der Waals surface area contributed by atoms with Gasteiger partial charge in [-0.15, -0.1) is 11.6 Å². The molecule has 1 N–H and O–H groups in total. The molecule has 57 heavy (non-hydrogen) atoms. The molecule has 4 atom stereocenters. The normalized spacial score (nSPS) is 17.9. The Balaban J connectivity index is 0.995. The average molecular weight is 796 g/mol. The van der Waals surface area contributed by atoms with Crippen LogP contribution in [0.2, 0.25) is 0 Å². The van der Waals surface area contributed by atoms with Gasteiger partial charge >= 0.3 is 23.7 Å². The number of alkyl carbamates (subject to hydrolysis) is 1. The summed E-state index contributed by atoms with van der Waals surface area (Å²) in [5.41, 5.74) is 5.98. The highest BCUT2D eigenvalue weighted by atomic mass is 35.5. The van der Waals surface area contributed by atoms with Crippen LogP contribution in [0.15, 0.2) is 94.3 Å². The second kappa shape index (κ2) is 17.8. The minimum absolute atomic E-state index is 0.0632. The molecule has 2 aromatic heterocycles. The van der Waals surface area contributed by atoms with Gasteiger partial charge in [-0.1, -0.05) is 106 Å². The van der Waals surface area contributed by atoms with Crippen molar-refractivity contribution in [3.05, 3.63) is 112 Å². The predicted molar refractivity (Wildman–Crippen MR) is 214 cm³/mol. The van der Waals surface area contributed by atoms with Gasteiger partial charge in [0, 0.05) is 24.1 Å². The Morgan fingerprint density at radius 2 is 1.65 bits per heavy atom. The van der Waals surface area contributed by atoms with Crippen LogP contribution in [0, 0.1) is 5.92 Å². The van der Waals surface area contributed by atoms with Crippen LogP contribution in [0.1, 0.15) is 75.3 Å². The van der Waals surface area contributed by atoms with Crippen molar-refractivity contribution in [2.75, 3.05) is 19.1 Å². The molecule has 1 aliphatic heterocycles. The Kier molecular flexibility index (Phi) is 12.4. The summed E-state index contributed by atoms with van der Waals surface area (Å²) in [4.78, 5) is 56.3. The number of halogens is 1. The lowest BCUT2D eigenvalue weighted by molar-refractivity contribution is -0.158. The van der Waals surface area contributed by atoms with E-state index < -0.39 is 54.1 Å². The highest BCUT2D eigenvalue weighted by molar-refractivity contribution is 6.26. The average Bonchev–Trinajstić information content (AvgIpc) is 3.91. The fraction of sp³-hybridized carbons (Fsp3) is 0.386. The molecule has 13 heteroatoms. The number of hydrogen-bond donors (Lipinski definition) is 1. The number of amides is 1. The van der Waals surface area contributed by atoms with Crippen molar-refractivity contribution >= 4 is 40.7 Å². The lowest BCUT2D eigenvalue weighted by Gasteiger charge is -2.23. The van der Waals surface area contributed by atoms with Crippen molar-refractivity contribution in [2.45, 2.75) is 83.3 Å². The predicted octanol–water partition coefficient (Wildman–Crippen LogP) is 7.93. The number of furan rings is 1. The first-order chi connectivity index (χ1) is 27.6. The molecule has 0 bridgehead atoms. The van der Waals surface area contributed by atoms with Crippen molar-refractivity contribution in [3.8, 4) is 22.5 Å². The van der Waals surface area contributed by atoms with Gasteiger partial charge in [0.05, 0.1) is 5.39 Å². The summed E-state index contributed by atoms with van der Waals surface area (Å²) in [5, 5.41) is 3.23. The second-order valence-corrected chi connectivity index (χ2v) is 15.1. The molecule has 0 spiro atoms. The second-order valence-electron chi connectivity index (χ2n) is 14.8. The molecular formula is C44H46ClN3O9. The zero-order valence-electron chi connectivity index (χ0n) is 32.2. The van der Waals surface area contributed by atoms with E-state index in [4.69, 9.17) is 35.0 Å². The maximum absolute atomic E-state index is 13.4. The fourth-order valence-electron chi connectivity index (χ4n) is 7.55. The van der Waals surface area contributed by atoms with E-state index in [1.54, 1.807) is 26.1 Å². The highest BCUT2D eigenvalue weighted by Crippen LogP contribution is 2.44. The van der Waals surface area contributed by atoms with Gasteiger partial charge in [0.1, 0.15) is 49.3 Å². The SMILES string of the molecule is CCCCCc1ccc(-c2cc3cn(C4CC(OC(=O)CCl)C(COC(=O)C(NC(=O)OCC5c6ccccc6-c6ccccc65)C(C)C)O4)c(=O)nc3o2)cc1. The van der Waals surface area contributed by atoms with Crippen molar-refractivity contribution in [1.29, 1.82) is 0 Å². The number of rotatable bonds is 15. The molecule has 1 aliphatic carbocycles. The molecule has 0 saturated carbocycles. The third kappa shape index (κ3) is 8.92. The van der Waals surface area contributed by atoms with Crippen molar-refractivity contribution in [2.24, 2.45) is 5.92 Å². The largest absolute Gasteiger partial charge is 0.461 e. The number of ether oxygens (including phenoxy) is 4. The fourth-order valence-corrected chi connectivity index (χ4v) is 7.62. The third-order valence-corrected chi connectivity index (χ3v) is 10.8. The van der Waals surface area contributed by atoms with Crippen LogP contribution >= 0.6 is 11.6 Å². The van der Waals surface area contributed by atoms with Crippen molar-refractivity contribution in [1.82, 2.24) is 14.9 Å². The first-order valence-electron chi connectivity index (χ1n) is 19.4. The van der Waals surface area contributed by atoms with E-state index in [1.807, 2.05) is 48.5 Å². The number of alkyl halides is 1. The maximum atomic E-state index is 13.4. The van der Waals surface area contributed by atoms with Gasteiger partial charge in [0.15, 0.2) is 0 Å². The lowest BCUT2D eigenvalue weighted by atomic mass is 9.98. The molecule has 1 amide bonds. The van der Waals surface area contributed by atoms with Crippen LogP contribution in [-0.2, 0) is 35.0 Å². The molecule has 2 aliphatic rings. The molecule has 0 radical (unpaired) electrons. The summed E-state index contributed by atoms with van der Waals surface area (Å²) >= 11 is 5.75. The van der Waals surface area contributed by atoms with Crippen LogP contribution in [0.5, 0.6) is 0 Å². The van der Waals surface area contributed by atoms with Crippen molar-refractivity contribution in [3.63, 3.8) is 0 Å². The van der Waals surface area contributed by atoms with E-state index in [2.05, 4.69) is 41.5 Å². The van der Waals surface area contributed by atoms with Gasteiger partial charge < -0.3 is 28.7 Å². The lowest BCUT2D eigenvalue weighted by Crippen LogP contribution is -2.46. The van der Waals surface area contributed by atoms with E-state index in [-0.39, 0.29) is 37.2 Å². The molecular weight excluding hydrogens is 750 g/mol. The standard InChI is InChI=1S/C44H46ClN3O9/c1-4-5-6-11-27-16-18-28(19-17-27)35-20-29-23-48(43(51)47-41(29)57-35)38-21-36(56-39(49)22-45)37(55-38)25-53-42(50)40(26(2)3)46-44(52)54-24-34-32-14-9-7-12-30(32)31-13-8-10-15-33(31)34/h7-10,12-20,23,26,34,36-38,40H,4-6,11,21-22,24-25H2,1-3H3,(H,46,52). The molecule has 1 fully saturated rings. The summed E-state index contributed by atoms with van der Waals surface area (Å²) in [6.07, 6.45) is 2.61. The van der Waals surface area contributed by atoms with Crippen LogP contribution in [0.4, 0.5) is 4.79 Å². The number of hydrogen-bond acceptors (Lipinski definition) is 10. The number of esters is 2. The van der Waals surface area contributed by atoms with Gasteiger partial charge in [-0.3, -0.25) is 9.36 Å². The number of fused-ring (bicyclic) bond motifs is 4. The quantitative estimate of drug-likeness (QED) is 0.0479. The molecule has 12 nitrogen and oxygen atoms in total.